The van der Waals surface area contributed by atoms with Gasteiger partial charge in [0, 0.05) is 19.1 Å². The molecular formula is C11H12N2O6S. The van der Waals surface area contributed by atoms with E-state index in [1.54, 1.807) is 0 Å². The summed E-state index contributed by atoms with van der Waals surface area (Å²) < 4.78 is 21.3. The van der Waals surface area contributed by atoms with Crippen molar-refractivity contribution in [3.63, 3.8) is 0 Å². The number of hydrogen-bond acceptors (Lipinski definition) is 6. The van der Waals surface area contributed by atoms with E-state index >= 15 is 0 Å². The molecule has 2 rings (SSSR count). The van der Waals surface area contributed by atoms with E-state index in [1.165, 1.54) is 31.2 Å². The Hall–Kier alpha value is -1.84. The fourth-order valence-electron chi connectivity index (χ4n) is 1.85. The van der Waals surface area contributed by atoms with Crippen molar-refractivity contribution in [2.75, 3.05) is 6.61 Å². The number of non-ortho nitro benzene ring substituents is 1. The molecule has 0 aliphatic carbocycles. The molecule has 1 aliphatic heterocycles. The number of hydrogen-bond donors (Lipinski definition) is 1. The normalized spacial score (nSPS) is 25.9. The summed E-state index contributed by atoms with van der Waals surface area (Å²) in [7, 11) is 0. The maximum absolute atomic E-state index is 11.3. The van der Waals surface area contributed by atoms with Gasteiger partial charge in [0.1, 0.15) is 6.10 Å². The number of amides is 1. The molecule has 1 saturated heterocycles. The van der Waals surface area contributed by atoms with Gasteiger partial charge in [-0.3, -0.25) is 23.3 Å². The molecule has 20 heavy (non-hydrogen) atoms. The van der Waals surface area contributed by atoms with E-state index in [9.17, 15) is 19.1 Å². The second-order valence-electron chi connectivity index (χ2n) is 4.16. The van der Waals surface area contributed by atoms with Crippen LogP contribution in [0.5, 0.6) is 0 Å². The molecule has 1 aliphatic rings. The molecule has 0 saturated carbocycles. The van der Waals surface area contributed by atoms with Crippen molar-refractivity contribution < 1.29 is 22.3 Å². The van der Waals surface area contributed by atoms with E-state index in [2.05, 4.69) is 5.32 Å². The minimum absolute atomic E-state index is 0.0356. The average molecular weight is 300 g/mol. The molecule has 1 aromatic rings. The summed E-state index contributed by atoms with van der Waals surface area (Å²) in [6.07, 6.45) is -0.686. The first-order valence-electron chi connectivity index (χ1n) is 5.71. The van der Waals surface area contributed by atoms with Crippen LogP contribution in [-0.4, -0.2) is 27.7 Å². The lowest BCUT2D eigenvalue weighted by atomic mass is 10.0. The van der Waals surface area contributed by atoms with Gasteiger partial charge in [-0.1, -0.05) is 0 Å². The van der Waals surface area contributed by atoms with Gasteiger partial charge < -0.3 is 5.32 Å². The SMILES string of the molecule is CC(=O)NC1COS(=O)OC1c1ccc([N+](=O)[O-])cc1. The zero-order valence-corrected chi connectivity index (χ0v) is 11.3. The predicted molar refractivity (Wildman–Crippen MR) is 68.6 cm³/mol. The standard InChI is InChI=1S/C11H12N2O6S/c1-7(14)12-10-6-18-20(17)19-11(10)8-2-4-9(5-3-8)13(15)16/h2-5,10-11H,6H2,1H3,(H,12,14). The summed E-state index contributed by atoms with van der Waals surface area (Å²) in [5.74, 6) is -0.276. The van der Waals surface area contributed by atoms with Crippen molar-refractivity contribution in [2.45, 2.75) is 19.1 Å². The maximum Gasteiger partial charge on any atom is 0.305 e. The molecule has 0 aromatic heterocycles. The first kappa shape index (κ1) is 14.6. The van der Waals surface area contributed by atoms with Crippen LogP contribution in [0.3, 0.4) is 0 Å². The van der Waals surface area contributed by atoms with E-state index in [1.807, 2.05) is 0 Å². The number of nitrogens with zero attached hydrogens (tertiary/aromatic N) is 1. The Kier molecular flexibility index (Phi) is 4.42. The third kappa shape index (κ3) is 3.38. The van der Waals surface area contributed by atoms with Crippen LogP contribution in [0.15, 0.2) is 24.3 Å². The molecular weight excluding hydrogens is 288 g/mol. The second-order valence-corrected chi connectivity index (χ2v) is 5.00. The second kappa shape index (κ2) is 6.07. The summed E-state index contributed by atoms with van der Waals surface area (Å²) in [6.45, 7) is 1.38. The van der Waals surface area contributed by atoms with Crippen LogP contribution in [0.4, 0.5) is 5.69 Å². The minimum Gasteiger partial charge on any atom is -0.348 e. The average Bonchev–Trinajstić information content (AvgIpc) is 2.40. The van der Waals surface area contributed by atoms with E-state index in [0.29, 0.717) is 5.56 Å². The Morgan fingerprint density at radius 2 is 2.10 bits per heavy atom. The van der Waals surface area contributed by atoms with E-state index in [4.69, 9.17) is 8.37 Å². The Balaban J connectivity index is 2.23. The van der Waals surface area contributed by atoms with Gasteiger partial charge in [0.2, 0.25) is 5.91 Å². The first-order valence-corrected chi connectivity index (χ1v) is 6.71. The summed E-state index contributed by atoms with van der Waals surface area (Å²) in [5, 5.41) is 13.2. The lowest BCUT2D eigenvalue weighted by Gasteiger charge is -2.30. The molecule has 8 nitrogen and oxygen atoms in total. The molecule has 1 fully saturated rings. The van der Waals surface area contributed by atoms with Crippen molar-refractivity contribution in [1.29, 1.82) is 0 Å². The van der Waals surface area contributed by atoms with Gasteiger partial charge >= 0.3 is 11.4 Å². The van der Waals surface area contributed by atoms with Gasteiger partial charge in [-0.15, -0.1) is 0 Å². The zero-order chi connectivity index (χ0) is 14.7. The molecule has 0 bridgehead atoms. The highest BCUT2D eigenvalue weighted by atomic mass is 32.2. The van der Waals surface area contributed by atoms with Crippen LogP contribution in [-0.2, 0) is 24.5 Å². The number of nitro groups is 1. The third-order valence-electron chi connectivity index (χ3n) is 2.71. The lowest BCUT2D eigenvalue weighted by molar-refractivity contribution is -0.384. The molecule has 0 radical (unpaired) electrons. The maximum atomic E-state index is 11.3. The first-order chi connectivity index (χ1) is 9.47. The van der Waals surface area contributed by atoms with Crippen LogP contribution >= 0.6 is 0 Å². The third-order valence-corrected chi connectivity index (χ3v) is 3.41. The molecule has 1 heterocycles. The monoisotopic (exact) mass is 300 g/mol. The summed E-state index contributed by atoms with van der Waals surface area (Å²) in [6, 6.07) is 5.14. The van der Waals surface area contributed by atoms with Crippen molar-refractivity contribution in [2.24, 2.45) is 0 Å². The number of nitro benzene ring substituents is 1. The summed E-state index contributed by atoms with van der Waals surface area (Å²) in [4.78, 5) is 21.2. The van der Waals surface area contributed by atoms with E-state index in [-0.39, 0.29) is 18.2 Å². The van der Waals surface area contributed by atoms with Crippen LogP contribution in [0.25, 0.3) is 0 Å². The lowest BCUT2D eigenvalue weighted by Crippen LogP contribution is -2.45. The highest BCUT2D eigenvalue weighted by molar-refractivity contribution is 7.75. The Morgan fingerprint density at radius 3 is 2.65 bits per heavy atom. The van der Waals surface area contributed by atoms with Gasteiger partial charge in [-0.2, -0.15) is 4.21 Å². The van der Waals surface area contributed by atoms with Gasteiger partial charge in [-0.05, 0) is 17.7 Å². The molecule has 108 valence electrons. The molecule has 3 unspecified atom stereocenters. The fourth-order valence-corrected chi connectivity index (χ4v) is 2.58. The van der Waals surface area contributed by atoms with Crippen molar-refractivity contribution in [3.05, 3.63) is 39.9 Å². The van der Waals surface area contributed by atoms with Crippen molar-refractivity contribution in [1.82, 2.24) is 5.32 Å². The molecule has 0 spiro atoms. The molecule has 1 amide bonds. The van der Waals surface area contributed by atoms with Crippen LogP contribution in [0.1, 0.15) is 18.6 Å². The Bertz CT molecular complexity index is 546. The summed E-state index contributed by atoms with van der Waals surface area (Å²) >= 11 is -1.91. The molecule has 9 heteroatoms. The molecule has 3 atom stereocenters. The van der Waals surface area contributed by atoms with Gasteiger partial charge in [0.25, 0.3) is 5.69 Å². The number of carbonyl (C=O) groups excluding carboxylic acids is 1. The van der Waals surface area contributed by atoms with Crippen molar-refractivity contribution >= 4 is 23.0 Å². The van der Waals surface area contributed by atoms with E-state index < -0.39 is 28.4 Å². The smallest absolute Gasteiger partial charge is 0.305 e. The van der Waals surface area contributed by atoms with Crippen LogP contribution < -0.4 is 5.32 Å². The summed E-state index contributed by atoms with van der Waals surface area (Å²) in [5.41, 5.74) is 0.518. The Morgan fingerprint density at radius 1 is 1.45 bits per heavy atom. The highest BCUT2D eigenvalue weighted by Crippen LogP contribution is 2.28. The Labute approximate surface area is 117 Å². The number of nitrogens with one attached hydrogen (secondary N) is 1. The van der Waals surface area contributed by atoms with Gasteiger partial charge in [-0.25, -0.2) is 0 Å². The van der Waals surface area contributed by atoms with Gasteiger partial charge in [0.15, 0.2) is 0 Å². The van der Waals surface area contributed by atoms with Crippen molar-refractivity contribution in [3.8, 4) is 0 Å². The fraction of sp³-hybridized carbons (Fsp3) is 0.364. The highest BCUT2D eigenvalue weighted by Gasteiger charge is 2.33. The zero-order valence-electron chi connectivity index (χ0n) is 10.5. The quantitative estimate of drug-likeness (QED) is 0.652. The number of benzene rings is 1. The molecule has 1 aromatic carbocycles. The predicted octanol–water partition coefficient (Wildman–Crippen LogP) is 0.766. The number of rotatable bonds is 3. The van der Waals surface area contributed by atoms with Gasteiger partial charge in [0.05, 0.1) is 17.6 Å². The van der Waals surface area contributed by atoms with E-state index in [0.717, 1.165) is 0 Å². The van der Waals surface area contributed by atoms with Crippen LogP contribution in [0.2, 0.25) is 0 Å². The van der Waals surface area contributed by atoms with Crippen LogP contribution in [0, 0.1) is 10.1 Å². The largest absolute Gasteiger partial charge is 0.348 e. The minimum atomic E-state index is -1.91. The topological polar surface area (TPSA) is 108 Å². The molecule has 1 N–H and O–H groups in total. The number of carbonyl (C=O) groups is 1.